The van der Waals surface area contributed by atoms with E-state index in [0.717, 1.165) is 16.8 Å². The highest BCUT2D eigenvalue weighted by atomic mass is 32.1. The van der Waals surface area contributed by atoms with Gasteiger partial charge in [-0.2, -0.15) is 5.10 Å². The Labute approximate surface area is 161 Å². The maximum atomic E-state index is 12.9. The maximum Gasteiger partial charge on any atom is 0.230 e. The second-order valence-corrected chi connectivity index (χ2v) is 6.86. The maximum absolute atomic E-state index is 12.9. The van der Waals surface area contributed by atoms with Crippen molar-refractivity contribution in [3.05, 3.63) is 70.5 Å². The van der Waals surface area contributed by atoms with Gasteiger partial charge in [-0.05, 0) is 49.2 Å². The van der Waals surface area contributed by atoms with E-state index in [9.17, 15) is 9.18 Å². The number of aryl methyl sites for hydroxylation is 2. The predicted molar refractivity (Wildman–Crippen MR) is 108 cm³/mol. The highest BCUT2D eigenvalue weighted by Gasteiger charge is 2.21. The lowest BCUT2D eigenvalue weighted by molar-refractivity contribution is -0.115. The van der Waals surface area contributed by atoms with E-state index in [-0.39, 0.29) is 11.7 Å². The number of carbonyl (C=O) groups excluding carboxylic acids is 1. The van der Waals surface area contributed by atoms with Crippen molar-refractivity contribution in [3.63, 3.8) is 0 Å². The Morgan fingerprint density at radius 3 is 2.48 bits per heavy atom. The second kappa shape index (κ2) is 8.09. The summed E-state index contributed by atoms with van der Waals surface area (Å²) in [5.41, 5.74) is 6.99. The van der Waals surface area contributed by atoms with Crippen LogP contribution >= 0.6 is 11.3 Å². The van der Waals surface area contributed by atoms with Gasteiger partial charge in [0, 0.05) is 12.3 Å². The van der Waals surface area contributed by atoms with Crippen LogP contribution in [-0.2, 0) is 4.79 Å². The van der Waals surface area contributed by atoms with Crippen LogP contribution in [0, 0.1) is 19.7 Å². The highest BCUT2D eigenvalue weighted by molar-refractivity contribution is 7.14. The summed E-state index contributed by atoms with van der Waals surface area (Å²) in [5, 5.41) is 6.52. The number of thiazole rings is 1. The summed E-state index contributed by atoms with van der Waals surface area (Å²) >= 11 is 1.37. The van der Waals surface area contributed by atoms with Gasteiger partial charge in [0.05, 0.1) is 23.3 Å². The van der Waals surface area contributed by atoms with Crippen molar-refractivity contribution in [2.75, 3.05) is 10.3 Å². The quantitative estimate of drug-likeness (QED) is 0.497. The number of hydrogen-bond acceptors (Lipinski definition) is 5. The third-order valence-electron chi connectivity index (χ3n) is 3.91. The molecule has 27 heavy (non-hydrogen) atoms. The third-order valence-corrected chi connectivity index (χ3v) is 4.76. The van der Waals surface area contributed by atoms with Crippen molar-refractivity contribution in [1.82, 2.24) is 4.98 Å². The monoisotopic (exact) mass is 382 g/mol. The molecule has 0 spiro atoms. The average Bonchev–Trinajstić information content (AvgIpc) is 3.08. The molecule has 3 aromatic rings. The lowest BCUT2D eigenvalue weighted by Gasteiger charge is -2.22. The van der Waals surface area contributed by atoms with Gasteiger partial charge in [-0.25, -0.2) is 9.37 Å². The number of amides is 1. The van der Waals surface area contributed by atoms with Gasteiger partial charge in [-0.1, -0.05) is 18.2 Å². The van der Waals surface area contributed by atoms with E-state index in [1.807, 2.05) is 37.4 Å². The minimum Gasteiger partial charge on any atom is -0.278 e. The van der Waals surface area contributed by atoms with Crippen LogP contribution < -0.4 is 10.3 Å². The summed E-state index contributed by atoms with van der Waals surface area (Å²) in [5.74, 6) is -0.404. The lowest BCUT2D eigenvalue weighted by Crippen LogP contribution is -2.24. The van der Waals surface area contributed by atoms with Gasteiger partial charge in [0.1, 0.15) is 5.82 Å². The van der Waals surface area contributed by atoms with Crippen LogP contribution in [0.3, 0.4) is 0 Å². The number of hydrazone groups is 1. The number of aromatic nitrogens is 1. The van der Waals surface area contributed by atoms with Crippen LogP contribution in [0.15, 0.2) is 52.9 Å². The van der Waals surface area contributed by atoms with Gasteiger partial charge in [-0.3, -0.25) is 15.1 Å². The summed E-state index contributed by atoms with van der Waals surface area (Å²) in [4.78, 5) is 18.4. The number of para-hydroxylation sites is 1. The van der Waals surface area contributed by atoms with Crippen LogP contribution in [0.1, 0.15) is 23.7 Å². The molecule has 0 aliphatic heterocycles. The fraction of sp³-hybridized carbons (Fsp3) is 0.150. The van der Waals surface area contributed by atoms with E-state index in [2.05, 4.69) is 15.5 Å². The topological polar surface area (TPSA) is 57.6 Å². The van der Waals surface area contributed by atoms with Gasteiger partial charge in [0.15, 0.2) is 5.13 Å². The molecule has 2 aromatic carbocycles. The molecule has 3 rings (SSSR count). The smallest absolute Gasteiger partial charge is 0.230 e. The fourth-order valence-electron chi connectivity index (χ4n) is 2.68. The number of benzene rings is 2. The van der Waals surface area contributed by atoms with Gasteiger partial charge in [-0.15, -0.1) is 11.3 Å². The van der Waals surface area contributed by atoms with Crippen LogP contribution in [0.25, 0.3) is 0 Å². The van der Waals surface area contributed by atoms with Crippen molar-refractivity contribution in [2.24, 2.45) is 5.10 Å². The van der Waals surface area contributed by atoms with Crippen molar-refractivity contribution in [3.8, 4) is 0 Å². The standard InChI is InChI=1S/C20H19FN4OS/c1-13-5-4-6-14(2)19(13)25(15(3)26)20-23-18(12-27-20)11-22-24-17-9-7-16(21)8-10-17/h4-12,24H,1-3H3/b22-11-. The molecule has 0 aliphatic carbocycles. The van der Waals surface area contributed by atoms with E-state index in [1.165, 1.54) is 30.4 Å². The molecule has 7 heteroatoms. The van der Waals surface area contributed by atoms with Crippen LogP contribution in [0.4, 0.5) is 20.9 Å². The lowest BCUT2D eigenvalue weighted by atomic mass is 10.1. The molecular formula is C20H19FN4OS. The Morgan fingerprint density at radius 1 is 1.19 bits per heavy atom. The van der Waals surface area contributed by atoms with E-state index >= 15 is 0 Å². The normalized spacial score (nSPS) is 11.0. The van der Waals surface area contributed by atoms with Gasteiger partial charge >= 0.3 is 0 Å². The summed E-state index contributed by atoms with van der Waals surface area (Å²) in [7, 11) is 0. The molecule has 0 fully saturated rings. The number of anilines is 3. The van der Waals surface area contributed by atoms with Gasteiger partial charge in [0.25, 0.3) is 0 Å². The number of nitrogens with one attached hydrogen (secondary N) is 1. The summed E-state index contributed by atoms with van der Waals surface area (Å²) in [6, 6.07) is 11.8. The summed E-state index contributed by atoms with van der Waals surface area (Å²) < 4.78 is 12.9. The second-order valence-electron chi connectivity index (χ2n) is 6.03. The molecule has 0 atom stereocenters. The molecule has 1 aromatic heterocycles. The Bertz CT molecular complexity index is 962. The zero-order valence-electron chi connectivity index (χ0n) is 15.2. The number of nitrogens with zero attached hydrogens (tertiary/aromatic N) is 3. The molecule has 1 N–H and O–H groups in total. The average molecular weight is 382 g/mol. The Hall–Kier alpha value is -3.06. The van der Waals surface area contributed by atoms with Crippen molar-refractivity contribution in [2.45, 2.75) is 20.8 Å². The molecule has 138 valence electrons. The van der Waals surface area contributed by atoms with Gasteiger partial charge in [0.2, 0.25) is 5.91 Å². The first-order valence-electron chi connectivity index (χ1n) is 8.33. The van der Waals surface area contributed by atoms with Gasteiger partial charge < -0.3 is 0 Å². The molecule has 0 radical (unpaired) electrons. The number of rotatable bonds is 5. The van der Waals surface area contributed by atoms with Crippen LogP contribution in [0.2, 0.25) is 0 Å². The molecule has 0 aliphatic rings. The Morgan fingerprint density at radius 2 is 1.85 bits per heavy atom. The van der Waals surface area contributed by atoms with E-state index in [0.29, 0.717) is 16.5 Å². The molecule has 0 saturated carbocycles. The zero-order chi connectivity index (χ0) is 19.4. The minimum absolute atomic E-state index is 0.102. The van der Waals surface area contributed by atoms with Crippen LogP contribution in [-0.4, -0.2) is 17.1 Å². The molecule has 0 bridgehead atoms. The Balaban J connectivity index is 1.81. The number of carbonyl (C=O) groups is 1. The first-order valence-corrected chi connectivity index (χ1v) is 9.21. The predicted octanol–water partition coefficient (Wildman–Crippen LogP) is 5.03. The molecular weight excluding hydrogens is 363 g/mol. The SMILES string of the molecule is CC(=O)N(c1nc(/C=N\Nc2ccc(F)cc2)cs1)c1c(C)cccc1C. The van der Waals surface area contributed by atoms with Crippen molar-refractivity contribution in [1.29, 1.82) is 0 Å². The van der Waals surface area contributed by atoms with E-state index in [4.69, 9.17) is 0 Å². The zero-order valence-corrected chi connectivity index (χ0v) is 16.0. The Kier molecular flexibility index (Phi) is 5.61. The largest absolute Gasteiger partial charge is 0.278 e. The first kappa shape index (κ1) is 18.7. The van der Waals surface area contributed by atoms with Crippen LogP contribution in [0.5, 0.6) is 0 Å². The molecule has 1 amide bonds. The fourth-order valence-corrected chi connectivity index (χ4v) is 3.50. The van der Waals surface area contributed by atoms with E-state index < -0.39 is 0 Å². The number of hydrogen-bond donors (Lipinski definition) is 1. The highest BCUT2D eigenvalue weighted by Crippen LogP contribution is 2.33. The van der Waals surface area contributed by atoms with E-state index in [1.54, 1.807) is 23.2 Å². The minimum atomic E-state index is -0.301. The third kappa shape index (κ3) is 4.38. The summed E-state index contributed by atoms with van der Waals surface area (Å²) in [6.07, 6.45) is 1.56. The van der Waals surface area contributed by atoms with Crippen molar-refractivity contribution < 1.29 is 9.18 Å². The summed E-state index contributed by atoms with van der Waals surface area (Å²) in [6.45, 7) is 5.47. The first-order chi connectivity index (χ1) is 13.0. The molecule has 1 heterocycles. The molecule has 5 nitrogen and oxygen atoms in total. The number of halogens is 1. The molecule has 0 saturated heterocycles. The van der Waals surface area contributed by atoms with Crippen molar-refractivity contribution >= 4 is 40.0 Å². The molecule has 0 unspecified atom stereocenters.